The van der Waals surface area contributed by atoms with Crippen molar-refractivity contribution in [2.24, 2.45) is 5.92 Å². The minimum atomic E-state index is -1.13. The zero-order valence-electron chi connectivity index (χ0n) is 10.8. The van der Waals surface area contributed by atoms with E-state index in [4.69, 9.17) is 0 Å². The predicted molar refractivity (Wildman–Crippen MR) is 73.4 cm³/mol. The molecule has 0 spiro atoms. The maximum atomic E-state index is 12.6. The number of ketones is 3. The molecule has 4 heteroatoms. The molecule has 100 valence electrons. The molecule has 0 bridgehead atoms. The van der Waals surface area contributed by atoms with Gasteiger partial charge in [0.15, 0.2) is 17.3 Å². The molecule has 0 unspecified atom stereocenters. The van der Waals surface area contributed by atoms with Gasteiger partial charge in [-0.2, -0.15) is 0 Å². The summed E-state index contributed by atoms with van der Waals surface area (Å²) in [6, 6.07) is 8.86. The Hall–Kier alpha value is -2.36. The van der Waals surface area contributed by atoms with Gasteiger partial charge in [-0.25, -0.2) is 0 Å². The van der Waals surface area contributed by atoms with Crippen molar-refractivity contribution in [3.63, 3.8) is 0 Å². The molecule has 1 heterocycles. The quantitative estimate of drug-likeness (QED) is 0.619. The number of nitrogens with zero attached hydrogens (tertiary/aromatic N) is 1. The van der Waals surface area contributed by atoms with Crippen molar-refractivity contribution in [3.8, 4) is 0 Å². The summed E-state index contributed by atoms with van der Waals surface area (Å²) in [4.78, 5) is 40.5. The summed E-state index contributed by atoms with van der Waals surface area (Å²) in [6.07, 6.45) is 2.76. The lowest BCUT2D eigenvalue weighted by Crippen LogP contribution is -2.35. The molecule has 1 aromatic heterocycles. The SMILES string of the molecule is O=C1CCCC(=O)C1C(=O)c1cccc2cccnc12. The normalized spacial score (nSPS) is 16.6. The number of benzene rings is 1. The summed E-state index contributed by atoms with van der Waals surface area (Å²) < 4.78 is 0. The van der Waals surface area contributed by atoms with Crippen molar-refractivity contribution in [1.29, 1.82) is 0 Å². The maximum Gasteiger partial charge on any atom is 0.182 e. The van der Waals surface area contributed by atoms with Gasteiger partial charge >= 0.3 is 0 Å². The molecule has 1 aromatic carbocycles. The van der Waals surface area contributed by atoms with Gasteiger partial charge in [0.05, 0.1) is 5.52 Å². The van der Waals surface area contributed by atoms with Crippen molar-refractivity contribution >= 4 is 28.3 Å². The molecule has 1 aliphatic rings. The van der Waals surface area contributed by atoms with Crippen molar-refractivity contribution in [1.82, 2.24) is 4.98 Å². The molecule has 1 fully saturated rings. The number of hydrogen-bond donors (Lipinski definition) is 0. The zero-order chi connectivity index (χ0) is 14.1. The monoisotopic (exact) mass is 267 g/mol. The Balaban J connectivity index is 2.08. The standard InChI is InChI=1S/C16H13NO3/c18-12-7-2-8-13(19)14(12)16(20)11-6-1-4-10-5-3-9-17-15(10)11/h1,3-6,9,14H,2,7-8H2. The molecule has 2 aromatic rings. The zero-order valence-corrected chi connectivity index (χ0v) is 10.8. The van der Waals surface area contributed by atoms with Crippen molar-refractivity contribution in [3.05, 3.63) is 42.1 Å². The van der Waals surface area contributed by atoms with Gasteiger partial charge in [-0.05, 0) is 18.6 Å². The molecule has 0 amide bonds. The Kier molecular flexibility index (Phi) is 3.14. The molecule has 0 saturated heterocycles. The Morgan fingerprint density at radius 2 is 1.75 bits per heavy atom. The number of rotatable bonds is 2. The fraction of sp³-hybridized carbons (Fsp3) is 0.250. The Labute approximate surface area is 115 Å². The molecule has 0 radical (unpaired) electrons. The second-order valence-electron chi connectivity index (χ2n) is 4.96. The molecule has 0 N–H and O–H groups in total. The first-order valence-corrected chi connectivity index (χ1v) is 6.62. The van der Waals surface area contributed by atoms with E-state index in [1.807, 2.05) is 12.1 Å². The highest BCUT2D eigenvalue weighted by atomic mass is 16.2. The summed E-state index contributed by atoms with van der Waals surface area (Å²) in [7, 11) is 0. The number of pyridine rings is 1. The van der Waals surface area contributed by atoms with E-state index in [9.17, 15) is 14.4 Å². The average Bonchev–Trinajstić information content (AvgIpc) is 2.46. The summed E-state index contributed by atoms with van der Waals surface area (Å²) in [5.41, 5.74) is 0.905. The van der Waals surface area contributed by atoms with E-state index < -0.39 is 11.7 Å². The first-order chi connectivity index (χ1) is 9.68. The predicted octanol–water partition coefficient (Wildman–Crippen LogP) is 2.36. The van der Waals surface area contributed by atoms with Crippen LogP contribution in [0.15, 0.2) is 36.5 Å². The number of fused-ring (bicyclic) bond motifs is 1. The average molecular weight is 267 g/mol. The van der Waals surface area contributed by atoms with E-state index in [2.05, 4.69) is 4.98 Å². The molecule has 1 aliphatic carbocycles. The van der Waals surface area contributed by atoms with Crippen LogP contribution in [0.25, 0.3) is 10.9 Å². The van der Waals surface area contributed by atoms with Gasteiger partial charge in [-0.15, -0.1) is 0 Å². The molecule has 20 heavy (non-hydrogen) atoms. The van der Waals surface area contributed by atoms with Crippen LogP contribution in [-0.2, 0) is 9.59 Å². The van der Waals surface area contributed by atoms with E-state index in [1.165, 1.54) is 0 Å². The highest BCUT2D eigenvalue weighted by Gasteiger charge is 2.37. The van der Waals surface area contributed by atoms with Gasteiger partial charge < -0.3 is 0 Å². The van der Waals surface area contributed by atoms with Crippen molar-refractivity contribution in [2.45, 2.75) is 19.3 Å². The van der Waals surface area contributed by atoms with Crippen LogP contribution in [0.1, 0.15) is 29.6 Å². The smallest absolute Gasteiger partial charge is 0.182 e. The molecular formula is C16H13NO3. The van der Waals surface area contributed by atoms with E-state index in [1.54, 1.807) is 24.4 Å². The number of aromatic nitrogens is 1. The highest BCUT2D eigenvalue weighted by molar-refractivity contribution is 6.27. The van der Waals surface area contributed by atoms with E-state index in [-0.39, 0.29) is 11.6 Å². The third kappa shape index (κ3) is 2.03. The maximum absolute atomic E-state index is 12.6. The Bertz CT molecular complexity index is 699. The summed E-state index contributed by atoms with van der Waals surface area (Å²) in [6.45, 7) is 0. The van der Waals surface area contributed by atoms with Gasteiger partial charge in [-0.3, -0.25) is 19.4 Å². The van der Waals surface area contributed by atoms with Gasteiger partial charge in [0.1, 0.15) is 5.92 Å². The Morgan fingerprint density at radius 1 is 1.05 bits per heavy atom. The number of para-hydroxylation sites is 1. The number of hydrogen-bond acceptors (Lipinski definition) is 4. The minimum absolute atomic E-state index is 0.265. The number of carbonyl (C=O) groups excluding carboxylic acids is 3. The third-order valence-electron chi connectivity index (χ3n) is 3.65. The van der Waals surface area contributed by atoms with E-state index in [0.29, 0.717) is 30.3 Å². The molecule has 0 aliphatic heterocycles. The molecule has 1 saturated carbocycles. The van der Waals surface area contributed by atoms with Gasteiger partial charge in [0.2, 0.25) is 0 Å². The molecular weight excluding hydrogens is 254 g/mol. The fourth-order valence-corrected chi connectivity index (χ4v) is 2.66. The van der Waals surface area contributed by atoms with Crippen LogP contribution in [0, 0.1) is 5.92 Å². The molecule has 0 atom stereocenters. The van der Waals surface area contributed by atoms with Crippen LogP contribution in [-0.4, -0.2) is 22.3 Å². The van der Waals surface area contributed by atoms with Crippen LogP contribution in [0.2, 0.25) is 0 Å². The van der Waals surface area contributed by atoms with Gasteiger partial charge in [0.25, 0.3) is 0 Å². The summed E-state index contributed by atoms with van der Waals surface area (Å²) in [5.74, 6) is -2.07. The lowest BCUT2D eigenvalue weighted by atomic mass is 9.81. The number of carbonyl (C=O) groups is 3. The lowest BCUT2D eigenvalue weighted by Gasteiger charge is -2.18. The van der Waals surface area contributed by atoms with Crippen molar-refractivity contribution in [2.75, 3.05) is 0 Å². The van der Waals surface area contributed by atoms with Crippen LogP contribution in [0.3, 0.4) is 0 Å². The lowest BCUT2D eigenvalue weighted by molar-refractivity contribution is -0.133. The minimum Gasteiger partial charge on any atom is -0.298 e. The van der Waals surface area contributed by atoms with Crippen LogP contribution in [0.5, 0.6) is 0 Å². The third-order valence-corrected chi connectivity index (χ3v) is 3.65. The number of Topliss-reactive ketones (excluding diaryl/α,β-unsaturated/α-hetero) is 3. The first-order valence-electron chi connectivity index (χ1n) is 6.62. The van der Waals surface area contributed by atoms with Crippen LogP contribution in [0.4, 0.5) is 0 Å². The fourth-order valence-electron chi connectivity index (χ4n) is 2.66. The largest absolute Gasteiger partial charge is 0.298 e. The second kappa shape index (κ2) is 4.96. The molecule has 4 nitrogen and oxygen atoms in total. The van der Waals surface area contributed by atoms with Crippen LogP contribution >= 0.6 is 0 Å². The highest BCUT2D eigenvalue weighted by Crippen LogP contribution is 2.25. The summed E-state index contributed by atoms with van der Waals surface area (Å²) >= 11 is 0. The van der Waals surface area contributed by atoms with Crippen LogP contribution < -0.4 is 0 Å². The van der Waals surface area contributed by atoms with Crippen molar-refractivity contribution < 1.29 is 14.4 Å². The topological polar surface area (TPSA) is 64.1 Å². The summed E-state index contributed by atoms with van der Waals surface area (Å²) in [5, 5.41) is 0.828. The Morgan fingerprint density at radius 3 is 2.50 bits per heavy atom. The van der Waals surface area contributed by atoms with E-state index in [0.717, 1.165) is 5.39 Å². The first kappa shape index (κ1) is 12.7. The van der Waals surface area contributed by atoms with E-state index >= 15 is 0 Å². The van der Waals surface area contributed by atoms with Gasteiger partial charge in [-0.1, -0.05) is 18.2 Å². The second-order valence-corrected chi connectivity index (χ2v) is 4.96. The van der Waals surface area contributed by atoms with Gasteiger partial charge in [0, 0.05) is 30.0 Å². The molecule has 3 rings (SSSR count).